The Morgan fingerprint density at radius 2 is 0.528 bits per heavy atom. The molecule has 0 amide bonds. The van der Waals surface area contributed by atoms with Gasteiger partial charge in [-0.1, -0.05) is 288 Å². The van der Waals surface area contributed by atoms with E-state index in [0.717, 1.165) is 186 Å². The van der Waals surface area contributed by atoms with Crippen LogP contribution in [0.5, 0.6) is 0 Å². The van der Waals surface area contributed by atoms with E-state index in [0.29, 0.717) is 25.7 Å². The Labute approximate surface area is 642 Å². The molecule has 5 unspecified atom stereocenters. The van der Waals surface area contributed by atoms with Crippen LogP contribution in [0.1, 0.15) is 310 Å². The number of unbranched alkanes of at least 4 members (excludes halogenated alkanes) is 24. The molecule has 5 atom stereocenters. The molecule has 0 aliphatic carbocycles. The highest BCUT2D eigenvalue weighted by molar-refractivity contribution is 7.47. The lowest BCUT2D eigenvalue weighted by molar-refractivity contribution is -0.161. The summed E-state index contributed by atoms with van der Waals surface area (Å²) in [5.74, 6) is -2.37. The summed E-state index contributed by atoms with van der Waals surface area (Å²) in [5.41, 5.74) is 0. The smallest absolute Gasteiger partial charge is 0.462 e. The van der Waals surface area contributed by atoms with E-state index in [-0.39, 0.29) is 25.7 Å². The summed E-state index contributed by atoms with van der Waals surface area (Å²) in [6.07, 6.45) is 91.0. The molecule has 0 fully saturated rings. The summed E-state index contributed by atoms with van der Waals surface area (Å²) >= 11 is 0. The number of rotatable bonds is 75. The fraction of sp³-hybridized carbons (Fsp3) is 0.655. The van der Waals surface area contributed by atoms with Gasteiger partial charge in [0.25, 0.3) is 0 Å². The molecular weight excluding hydrogens is 1380 g/mol. The number of aliphatic hydroxyl groups excluding tert-OH is 1. The van der Waals surface area contributed by atoms with Crippen molar-refractivity contribution in [2.45, 2.75) is 329 Å². The van der Waals surface area contributed by atoms with Gasteiger partial charge in [-0.05, 0) is 154 Å². The molecule has 19 heteroatoms. The molecule has 0 saturated carbocycles. The predicted molar refractivity (Wildman–Crippen MR) is 436 cm³/mol. The largest absolute Gasteiger partial charge is 0.472 e. The molecule has 0 rings (SSSR count). The van der Waals surface area contributed by atoms with Gasteiger partial charge in [0.05, 0.1) is 32.8 Å². The van der Waals surface area contributed by atoms with Crippen LogP contribution in [0.25, 0.3) is 0 Å². The molecule has 0 aromatic rings. The number of carbonyl (C=O) groups excluding carboxylic acids is 4. The van der Waals surface area contributed by atoms with Crippen molar-refractivity contribution in [1.82, 2.24) is 0 Å². The van der Waals surface area contributed by atoms with Crippen molar-refractivity contribution in [2.75, 3.05) is 39.6 Å². The Kier molecular flexibility index (Phi) is 73.9. The van der Waals surface area contributed by atoms with E-state index < -0.39 is 97.5 Å². The normalized spacial score (nSPS) is 14.7. The maximum atomic E-state index is 13.1. The molecule has 0 aliphatic heterocycles. The van der Waals surface area contributed by atoms with E-state index in [1.807, 2.05) is 12.2 Å². The molecule has 17 nitrogen and oxygen atoms in total. The van der Waals surface area contributed by atoms with Crippen LogP contribution in [0.4, 0.5) is 0 Å². The molecule has 0 spiro atoms. The minimum absolute atomic E-state index is 0.0745. The molecule has 106 heavy (non-hydrogen) atoms. The van der Waals surface area contributed by atoms with Gasteiger partial charge in [0.15, 0.2) is 12.2 Å². The minimum atomic E-state index is -5.01. The summed E-state index contributed by atoms with van der Waals surface area (Å²) in [4.78, 5) is 73.0. The average Bonchev–Trinajstić information content (AvgIpc) is 0.903. The number of phosphoric ester groups is 2. The lowest BCUT2D eigenvalue weighted by Crippen LogP contribution is -2.30. The zero-order chi connectivity index (χ0) is 77.4. The van der Waals surface area contributed by atoms with E-state index in [2.05, 4.69) is 161 Å². The van der Waals surface area contributed by atoms with Gasteiger partial charge < -0.3 is 33.8 Å². The monoisotopic (exact) mass is 1520 g/mol. The molecule has 0 aromatic carbocycles. The maximum absolute atomic E-state index is 13.1. The Balaban J connectivity index is 5.43. The van der Waals surface area contributed by atoms with Crippen LogP contribution >= 0.6 is 15.6 Å². The van der Waals surface area contributed by atoms with Gasteiger partial charge in [0.1, 0.15) is 19.3 Å². The number of allylic oxidation sites excluding steroid dienone is 25. The molecule has 3 N–H and O–H groups in total. The number of phosphoric acid groups is 2. The Morgan fingerprint density at radius 3 is 0.868 bits per heavy atom. The van der Waals surface area contributed by atoms with Gasteiger partial charge in [-0.25, -0.2) is 9.13 Å². The van der Waals surface area contributed by atoms with Crippen LogP contribution in [-0.4, -0.2) is 96.7 Å². The fourth-order valence-corrected chi connectivity index (χ4v) is 11.9. The van der Waals surface area contributed by atoms with E-state index >= 15 is 0 Å². The summed E-state index contributed by atoms with van der Waals surface area (Å²) in [5, 5.41) is 10.6. The van der Waals surface area contributed by atoms with Crippen LogP contribution in [0.2, 0.25) is 0 Å². The van der Waals surface area contributed by atoms with Crippen molar-refractivity contribution in [3.8, 4) is 0 Å². The first-order chi connectivity index (χ1) is 51.7. The predicted octanol–water partition coefficient (Wildman–Crippen LogP) is 24.0. The number of esters is 4. The van der Waals surface area contributed by atoms with Crippen LogP contribution < -0.4 is 0 Å². The highest BCUT2D eigenvalue weighted by Gasteiger charge is 2.30. The SMILES string of the molecule is CC/C=C\C/C=C\C/C=C\C/C=C\C/C=C\CC(=O)OC(COC(=O)CCCCCCCC/C=C\C/C=C\C/C=C\CCCCC)COP(=O)(O)OCC(O)COP(=O)(O)OCC(COC(=O)CCCCCCCC/C=C\C/C=C\C/C=C\C/C=C\CC)OC(=O)CCCCCCC/C=C\CCCCCC. The first kappa shape index (κ1) is 101. The first-order valence-corrected chi connectivity index (χ1v) is 43.7. The molecule has 0 aromatic heterocycles. The molecule has 0 aliphatic rings. The maximum Gasteiger partial charge on any atom is 0.472 e. The highest BCUT2D eigenvalue weighted by atomic mass is 31.2. The summed E-state index contributed by atoms with van der Waals surface area (Å²) < 4.78 is 68.5. The summed E-state index contributed by atoms with van der Waals surface area (Å²) in [6, 6.07) is 0. The van der Waals surface area contributed by atoms with Crippen LogP contribution in [0, 0.1) is 0 Å². The van der Waals surface area contributed by atoms with E-state index in [1.165, 1.54) is 44.9 Å². The first-order valence-electron chi connectivity index (χ1n) is 40.7. The third-order valence-corrected chi connectivity index (χ3v) is 18.4. The van der Waals surface area contributed by atoms with Gasteiger partial charge in [-0.15, -0.1) is 0 Å². The molecule has 0 radical (unpaired) electrons. The number of ether oxygens (including phenoxy) is 4. The molecule has 0 saturated heterocycles. The van der Waals surface area contributed by atoms with Crippen molar-refractivity contribution < 1.29 is 80.2 Å². The lowest BCUT2D eigenvalue weighted by Gasteiger charge is -2.21. The summed E-state index contributed by atoms with van der Waals surface area (Å²) in [7, 11) is -10.0. The van der Waals surface area contributed by atoms with Gasteiger partial charge in [-0.2, -0.15) is 0 Å². The second-order valence-corrected chi connectivity index (χ2v) is 29.5. The Morgan fingerprint density at radius 1 is 0.283 bits per heavy atom. The van der Waals surface area contributed by atoms with E-state index in [9.17, 15) is 43.2 Å². The third-order valence-electron chi connectivity index (χ3n) is 16.5. The van der Waals surface area contributed by atoms with Crippen molar-refractivity contribution in [3.63, 3.8) is 0 Å². The average molecular weight is 1520 g/mol. The summed E-state index contributed by atoms with van der Waals surface area (Å²) in [6.45, 7) is 4.45. The van der Waals surface area contributed by atoms with Crippen LogP contribution in [0.15, 0.2) is 158 Å². The molecular formula is C87H144O17P2. The quantitative estimate of drug-likeness (QED) is 0.0169. The molecule has 0 heterocycles. The van der Waals surface area contributed by atoms with Crippen molar-refractivity contribution in [2.24, 2.45) is 0 Å². The van der Waals surface area contributed by atoms with Gasteiger partial charge >= 0.3 is 39.5 Å². The number of hydrogen-bond acceptors (Lipinski definition) is 15. The van der Waals surface area contributed by atoms with Gasteiger partial charge in [0, 0.05) is 19.3 Å². The topological polar surface area (TPSA) is 237 Å². The van der Waals surface area contributed by atoms with Crippen molar-refractivity contribution in [1.29, 1.82) is 0 Å². The standard InChI is InChI=1S/C87H144O17P2/c1-5-9-13-17-21-25-29-33-36-38-40-42-45-48-51-55-59-63-67-71-84(89)97-77-82(103-86(91)73-69-65-61-57-53-47-32-28-24-20-16-12-8-4)79-101-105(93,94)99-75-81(88)76-100-106(95,96)102-80-83(104-87(92)74-70-66-62-58-54-50-44-35-31-27-23-19-15-11-7-3)78-98-85(90)72-68-64-60-56-52-49-46-43-41-39-37-34-30-26-22-18-14-10-6-2/h9,11,13,15,21-23,25-28,32-37,40-44,54,58,66,70,81-83,88H,5-8,10,12,14,16-20,24,29-31,38-39,45-53,55-57,59-65,67-69,71-80H2,1-4H3,(H,93,94)(H,95,96)/b13-9-,15-11-,25-21-,26-22-,27-23-,32-28-,36-33-,37-34-,42-40-,43-41-,44-35-,58-54-,70-66-. The fourth-order valence-electron chi connectivity index (χ4n) is 10.3. The number of carbonyl (C=O) groups is 4. The Bertz CT molecular complexity index is 2630. The lowest BCUT2D eigenvalue weighted by atomic mass is 10.1. The zero-order valence-corrected chi connectivity index (χ0v) is 67.8. The zero-order valence-electron chi connectivity index (χ0n) is 66.1. The van der Waals surface area contributed by atoms with Gasteiger partial charge in [-0.3, -0.25) is 37.3 Å². The minimum Gasteiger partial charge on any atom is -0.462 e. The number of aliphatic hydroxyl groups is 1. The number of hydrogen-bond donors (Lipinski definition) is 3. The van der Waals surface area contributed by atoms with E-state index in [1.54, 1.807) is 12.2 Å². The second kappa shape index (κ2) is 77.8. The molecule has 0 bridgehead atoms. The second-order valence-electron chi connectivity index (χ2n) is 26.6. The Hall–Kier alpha value is -5.32. The highest BCUT2D eigenvalue weighted by Crippen LogP contribution is 2.45. The molecule has 604 valence electrons. The van der Waals surface area contributed by atoms with E-state index in [4.69, 9.17) is 37.0 Å². The van der Waals surface area contributed by atoms with Crippen molar-refractivity contribution >= 4 is 39.5 Å². The van der Waals surface area contributed by atoms with Gasteiger partial charge in [0.2, 0.25) is 0 Å². The third kappa shape index (κ3) is 76.9. The van der Waals surface area contributed by atoms with Crippen LogP contribution in [0.3, 0.4) is 0 Å². The van der Waals surface area contributed by atoms with Crippen LogP contribution in [-0.2, 0) is 65.4 Å². The van der Waals surface area contributed by atoms with Crippen molar-refractivity contribution in [3.05, 3.63) is 158 Å².